The minimum absolute atomic E-state index is 0.285. The van der Waals surface area contributed by atoms with Crippen LogP contribution in [0.5, 0.6) is 11.5 Å². The number of benzene rings is 1. The number of rotatable bonds is 5. The second-order valence-electron chi connectivity index (χ2n) is 4.77. The van der Waals surface area contributed by atoms with Gasteiger partial charge in [-0.05, 0) is 6.42 Å². The normalized spacial score (nSPS) is 19.4. The molecule has 1 aliphatic rings. The van der Waals surface area contributed by atoms with Gasteiger partial charge in [-0.15, -0.1) is 0 Å². The molecule has 0 saturated carbocycles. The third-order valence-electron chi connectivity index (χ3n) is 3.60. The minimum Gasteiger partial charge on any atom is -0.493 e. The van der Waals surface area contributed by atoms with Crippen molar-refractivity contribution in [1.29, 1.82) is 0 Å². The number of methoxy groups -OCH3 is 3. The SMILES string of the molecule is COc1cc(Cl)c(CN2CCC(OC)C2)c(Cl)c1OC. The van der Waals surface area contributed by atoms with Crippen molar-refractivity contribution in [2.45, 2.75) is 19.1 Å². The molecule has 6 heteroatoms. The topological polar surface area (TPSA) is 30.9 Å². The molecule has 0 amide bonds. The van der Waals surface area contributed by atoms with E-state index in [0.29, 0.717) is 28.1 Å². The molecular weight excluding hydrogens is 301 g/mol. The maximum Gasteiger partial charge on any atom is 0.179 e. The van der Waals surface area contributed by atoms with E-state index in [-0.39, 0.29) is 6.10 Å². The van der Waals surface area contributed by atoms with Crippen molar-refractivity contribution < 1.29 is 14.2 Å². The van der Waals surface area contributed by atoms with Crippen molar-refractivity contribution >= 4 is 23.2 Å². The Hall–Kier alpha value is -0.680. The zero-order valence-electron chi connectivity index (χ0n) is 11.9. The maximum absolute atomic E-state index is 6.40. The fourth-order valence-electron chi connectivity index (χ4n) is 2.46. The van der Waals surface area contributed by atoms with E-state index in [2.05, 4.69) is 4.90 Å². The first-order valence-corrected chi connectivity index (χ1v) is 7.20. The van der Waals surface area contributed by atoms with Crippen molar-refractivity contribution in [2.75, 3.05) is 34.4 Å². The fraction of sp³-hybridized carbons (Fsp3) is 0.571. The van der Waals surface area contributed by atoms with Crippen molar-refractivity contribution in [3.05, 3.63) is 21.7 Å². The summed E-state index contributed by atoms with van der Waals surface area (Å²) in [7, 11) is 4.87. The third-order valence-corrected chi connectivity index (χ3v) is 4.34. The first-order valence-electron chi connectivity index (χ1n) is 6.44. The van der Waals surface area contributed by atoms with Gasteiger partial charge in [0.05, 0.1) is 30.4 Å². The lowest BCUT2D eigenvalue weighted by Gasteiger charge is -2.20. The average molecular weight is 320 g/mol. The first kappa shape index (κ1) is 15.7. The molecule has 0 spiro atoms. The van der Waals surface area contributed by atoms with Crippen LogP contribution in [0.15, 0.2) is 6.07 Å². The van der Waals surface area contributed by atoms with Crippen molar-refractivity contribution in [3.8, 4) is 11.5 Å². The zero-order valence-corrected chi connectivity index (χ0v) is 13.4. The molecule has 1 saturated heterocycles. The molecule has 1 heterocycles. The summed E-state index contributed by atoms with van der Waals surface area (Å²) in [6, 6.07) is 1.74. The second kappa shape index (κ2) is 6.85. The lowest BCUT2D eigenvalue weighted by Crippen LogP contribution is -2.22. The van der Waals surface area contributed by atoms with Crippen LogP contribution < -0.4 is 9.47 Å². The Morgan fingerprint density at radius 2 is 2.00 bits per heavy atom. The van der Waals surface area contributed by atoms with Crippen molar-refractivity contribution in [1.82, 2.24) is 4.90 Å². The lowest BCUT2D eigenvalue weighted by molar-refractivity contribution is 0.107. The Morgan fingerprint density at radius 1 is 1.25 bits per heavy atom. The zero-order chi connectivity index (χ0) is 14.7. The maximum atomic E-state index is 6.40. The third kappa shape index (κ3) is 3.14. The molecule has 1 atom stereocenters. The van der Waals surface area contributed by atoms with E-state index in [9.17, 15) is 0 Å². The molecule has 0 bridgehead atoms. The van der Waals surface area contributed by atoms with Crippen LogP contribution in [-0.2, 0) is 11.3 Å². The van der Waals surface area contributed by atoms with Gasteiger partial charge in [0, 0.05) is 38.4 Å². The molecule has 0 aliphatic carbocycles. The number of ether oxygens (including phenoxy) is 3. The van der Waals surface area contributed by atoms with Crippen molar-refractivity contribution in [2.24, 2.45) is 0 Å². The number of hydrogen-bond acceptors (Lipinski definition) is 4. The van der Waals surface area contributed by atoms with E-state index in [4.69, 9.17) is 37.4 Å². The Balaban J connectivity index is 2.23. The van der Waals surface area contributed by atoms with E-state index in [1.54, 1.807) is 27.4 Å². The standard InChI is InChI=1S/C14H19Cl2NO3/c1-18-9-4-5-17(7-9)8-10-11(15)6-12(19-2)14(20-3)13(10)16/h6,9H,4-5,7-8H2,1-3H3. The Morgan fingerprint density at radius 3 is 2.55 bits per heavy atom. The van der Waals surface area contributed by atoms with E-state index < -0.39 is 0 Å². The van der Waals surface area contributed by atoms with Crippen LogP contribution in [0.4, 0.5) is 0 Å². The van der Waals surface area contributed by atoms with Crippen LogP contribution >= 0.6 is 23.2 Å². The molecule has 1 fully saturated rings. The first-order chi connectivity index (χ1) is 9.60. The molecule has 1 unspecified atom stereocenters. The smallest absolute Gasteiger partial charge is 0.179 e. The van der Waals surface area contributed by atoms with Gasteiger partial charge >= 0.3 is 0 Å². The number of halogens is 2. The van der Waals surface area contributed by atoms with Crippen LogP contribution in [0, 0.1) is 0 Å². The molecule has 112 valence electrons. The van der Waals surface area contributed by atoms with Gasteiger partial charge in [0.2, 0.25) is 0 Å². The van der Waals surface area contributed by atoms with Crippen LogP contribution in [0.25, 0.3) is 0 Å². The molecule has 0 aromatic heterocycles. The summed E-state index contributed by atoms with van der Waals surface area (Å²) in [5.41, 5.74) is 0.864. The summed E-state index contributed by atoms with van der Waals surface area (Å²) in [5.74, 6) is 1.07. The molecule has 20 heavy (non-hydrogen) atoms. The molecular formula is C14H19Cl2NO3. The van der Waals surface area contributed by atoms with Crippen LogP contribution in [0.3, 0.4) is 0 Å². The molecule has 1 aromatic carbocycles. The van der Waals surface area contributed by atoms with Gasteiger partial charge in [-0.1, -0.05) is 23.2 Å². The quantitative estimate of drug-likeness (QED) is 0.833. The number of hydrogen-bond donors (Lipinski definition) is 0. The van der Waals surface area contributed by atoms with Gasteiger partial charge < -0.3 is 14.2 Å². The monoisotopic (exact) mass is 319 g/mol. The van der Waals surface area contributed by atoms with Gasteiger partial charge in [0.1, 0.15) is 0 Å². The number of likely N-dealkylation sites (tertiary alicyclic amines) is 1. The predicted octanol–water partition coefficient (Wildman–Crippen LogP) is 3.23. The Bertz CT molecular complexity index is 482. The molecule has 1 aromatic rings. The predicted molar refractivity (Wildman–Crippen MR) is 80.3 cm³/mol. The highest BCUT2D eigenvalue weighted by atomic mass is 35.5. The van der Waals surface area contributed by atoms with E-state index in [0.717, 1.165) is 25.1 Å². The lowest BCUT2D eigenvalue weighted by atomic mass is 10.2. The highest BCUT2D eigenvalue weighted by Crippen LogP contribution is 2.42. The van der Waals surface area contributed by atoms with Gasteiger partial charge in [-0.2, -0.15) is 0 Å². The largest absolute Gasteiger partial charge is 0.493 e. The molecule has 4 nitrogen and oxygen atoms in total. The summed E-state index contributed by atoms with van der Waals surface area (Å²) in [6.07, 6.45) is 1.31. The van der Waals surface area contributed by atoms with E-state index in [1.165, 1.54) is 0 Å². The second-order valence-corrected chi connectivity index (χ2v) is 5.55. The summed E-state index contributed by atoms with van der Waals surface area (Å²) in [6.45, 7) is 2.54. The van der Waals surface area contributed by atoms with Crippen LogP contribution in [0.1, 0.15) is 12.0 Å². The van der Waals surface area contributed by atoms with Gasteiger partial charge in [0.15, 0.2) is 11.5 Å². The van der Waals surface area contributed by atoms with Gasteiger partial charge in [-0.25, -0.2) is 0 Å². The molecule has 0 radical (unpaired) electrons. The highest BCUT2D eigenvalue weighted by Gasteiger charge is 2.25. The molecule has 0 N–H and O–H groups in total. The minimum atomic E-state index is 0.285. The summed E-state index contributed by atoms with van der Waals surface area (Å²) < 4.78 is 15.9. The van der Waals surface area contributed by atoms with Gasteiger partial charge in [0.25, 0.3) is 0 Å². The Labute approximate surface area is 129 Å². The van der Waals surface area contributed by atoms with Crippen LogP contribution in [0.2, 0.25) is 10.0 Å². The molecule has 1 aliphatic heterocycles. The van der Waals surface area contributed by atoms with E-state index >= 15 is 0 Å². The Kier molecular flexibility index (Phi) is 5.38. The summed E-state index contributed by atoms with van der Waals surface area (Å²) in [5, 5.41) is 1.10. The number of nitrogens with zero attached hydrogens (tertiary/aromatic N) is 1. The van der Waals surface area contributed by atoms with Crippen LogP contribution in [-0.4, -0.2) is 45.4 Å². The average Bonchev–Trinajstić information content (AvgIpc) is 2.90. The van der Waals surface area contributed by atoms with E-state index in [1.807, 2.05) is 0 Å². The van der Waals surface area contributed by atoms with Crippen molar-refractivity contribution in [3.63, 3.8) is 0 Å². The summed E-state index contributed by atoms with van der Waals surface area (Å²) in [4.78, 5) is 2.27. The fourth-order valence-corrected chi connectivity index (χ4v) is 3.09. The molecule has 2 rings (SSSR count). The summed E-state index contributed by atoms with van der Waals surface area (Å²) >= 11 is 12.7. The van der Waals surface area contributed by atoms with Gasteiger partial charge in [-0.3, -0.25) is 4.90 Å². The highest BCUT2D eigenvalue weighted by molar-refractivity contribution is 6.37.